The molecule has 1 aliphatic rings. The third-order valence-corrected chi connectivity index (χ3v) is 10.3. The Balaban J connectivity index is 1.39. The fourth-order valence-electron chi connectivity index (χ4n) is 5.67. The van der Waals surface area contributed by atoms with Gasteiger partial charge in [0.05, 0.1) is 45.7 Å². The molecular weight excluding hydrogens is 699 g/mol. The van der Waals surface area contributed by atoms with Crippen LogP contribution in [0.25, 0.3) is 21.9 Å². The van der Waals surface area contributed by atoms with Crippen molar-refractivity contribution in [3.05, 3.63) is 48.3 Å². The Labute approximate surface area is 300 Å². The maximum Gasteiger partial charge on any atom is 0.459 e. The molecular formula is C34H47N6O11P. The van der Waals surface area contributed by atoms with E-state index in [1.807, 2.05) is 26.8 Å². The molecule has 18 heteroatoms. The van der Waals surface area contributed by atoms with Gasteiger partial charge >= 0.3 is 13.7 Å². The minimum absolute atomic E-state index is 0.108. The molecule has 0 spiro atoms. The number of nitrogens with zero attached hydrogens (tertiary/aromatic N) is 4. The zero-order chi connectivity index (χ0) is 38.2. The highest BCUT2D eigenvalue weighted by Crippen LogP contribution is 2.48. The number of methoxy groups -OCH3 is 2. The molecule has 17 nitrogen and oxygen atoms in total. The van der Waals surface area contributed by atoms with Crippen molar-refractivity contribution in [2.45, 2.75) is 83.8 Å². The Morgan fingerprint density at radius 1 is 1.15 bits per heavy atom. The number of rotatable bonds is 14. The zero-order valence-electron chi connectivity index (χ0n) is 30.3. The number of aromatic nitrogens is 4. The molecule has 4 aromatic rings. The molecule has 0 saturated carbocycles. The SMILES string of the molecule is COC(=O)[C@@H](C)c1ccc2cc(OP(=O)(N[C@@H](C)C(O)OCC(C)(C)C)OC[C@H]3OC(n4cnc5c(OC)nc(N)nc54)[C@](C)(O)[C@@H]3O)ccc2c1. The average Bonchev–Trinajstić information content (AvgIpc) is 3.60. The second-order valence-corrected chi connectivity index (χ2v) is 15.9. The van der Waals surface area contributed by atoms with E-state index in [1.165, 1.54) is 32.0 Å². The number of benzene rings is 2. The number of imidazole rings is 1. The van der Waals surface area contributed by atoms with Crippen molar-refractivity contribution in [3.63, 3.8) is 0 Å². The summed E-state index contributed by atoms with van der Waals surface area (Å²) < 4.78 is 49.5. The first kappa shape index (κ1) is 39.3. The van der Waals surface area contributed by atoms with Gasteiger partial charge in [-0.25, -0.2) is 14.6 Å². The highest BCUT2D eigenvalue weighted by atomic mass is 31.2. The van der Waals surface area contributed by atoms with Gasteiger partial charge in [0, 0.05) is 0 Å². The quantitative estimate of drug-likeness (QED) is 0.0707. The number of fused-ring (bicyclic) bond motifs is 2. The number of hydrogen-bond acceptors (Lipinski definition) is 15. The third kappa shape index (κ3) is 8.48. The molecule has 3 unspecified atom stereocenters. The monoisotopic (exact) mass is 746 g/mol. The molecule has 2 aromatic heterocycles. The molecule has 1 saturated heterocycles. The number of nitrogen functional groups attached to an aromatic ring is 1. The maximum absolute atomic E-state index is 14.5. The van der Waals surface area contributed by atoms with Gasteiger partial charge in [0.25, 0.3) is 0 Å². The van der Waals surface area contributed by atoms with Gasteiger partial charge in [-0.1, -0.05) is 45.0 Å². The average molecular weight is 747 g/mol. The van der Waals surface area contributed by atoms with E-state index in [0.29, 0.717) is 5.39 Å². The van der Waals surface area contributed by atoms with Crippen molar-refractivity contribution in [1.29, 1.82) is 0 Å². The predicted octanol–water partition coefficient (Wildman–Crippen LogP) is 3.42. The summed E-state index contributed by atoms with van der Waals surface area (Å²) in [6.07, 6.45) is -4.09. The Morgan fingerprint density at radius 3 is 2.52 bits per heavy atom. The summed E-state index contributed by atoms with van der Waals surface area (Å²) in [7, 11) is -1.66. The summed E-state index contributed by atoms with van der Waals surface area (Å²) in [5, 5.41) is 37.7. The Hall–Kier alpha value is -3.93. The fourth-order valence-corrected chi connectivity index (χ4v) is 7.21. The molecule has 3 heterocycles. The topological polar surface area (TPSA) is 232 Å². The van der Waals surface area contributed by atoms with Crippen LogP contribution < -0.4 is 20.1 Å². The lowest BCUT2D eigenvalue weighted by Gasteiger charge is -2.29. The second kappa shape index (κ2) is 15.2. The van der Waals surface area contributed by atoms with Crippen LogP contribution in [0.2, 0.25) is 0 Å². The minimum atomic E-state index is -4.39. The number of esters is 1. The Bertz CT molecular complexity index is 1950. The molecule has 0 aliphatic carbocycles. The largest absolute Gasteiger partial charge is 0.479 e. The first-order chi connectivity index (χ1) is 24.4. The molecule has 6 N–H and O–H groups in total. The molecule has 0 radical (unpaired) electrons. The first-order valence-electron chi connectivity index (χ1n) is 16.6. The molecule has 0 amide bonds. The Kier molecular flexibility index (Phi) is 11.5. The van der Waals surface area contributed by atoms with Crippen molar-refractivity contribution < 1.29 is 52.7 Å². The highest BCUT2D eigenvalue weighted by Gasteiger charge is 2.54. The number of carbonyl (C=O) groups is 1. The molecule has 5 rings (SSSR count). The minimum Gasteiger partial charge on any atom is -0.479 e. The molecule has 8 atom stereocenters. The molecule has 0 bridgehead atoms. The lowest BCUT2D eigenvalue weighted by Crippen LogP contribution is -2.44. The van der Waals surface area contributed by atoms with Crippen molar-refractivity contribution in [3.8, 4) is 11.6 Å². The number of hydrogen-bond donors (Lipinski definition) is 5. The van der Waals surface area contributed by atoms with Gasteiger partial charge in [-0.05, 0) is 54.7 Å². The van der Waals surface area contributed by atoms with Gasteiger partial charge in [-0.15, -0.1) is 0 Å². The predicted molar refractivity (Wildman–Crippen MR) is 189 cm³/mol. The summed E-state index contributed by atoms with van der Waals surface area (Å²) in [4.78, 5) is 24.6. The number of aliphatic hydroxyl groups is 3. The van der Waals surface area contributed by atoms with Crippen LogP contribution in [0, 0.1) is 5.41 Å². The Morgan fingerprint density at radius 2 is 1.85 bits per heavy atom. The van der Waals surface area contributed by atoms with E-state index in [0.717, 1.165) is 10.9 Å². The van der Waals surface area contributed by atoms with E-state index in [1.54, 1.807) is 44.2 Å². The van der Waals surface area contributed by atoms with Crippen LogP contribution in [-0.2, 0) is 28.1 Å². The van der Waals surface area contributed by atoms with E-state index in [-0.39, 0.29) is 46.7 Å². The zero-order valence-corrected chi connectivity index (χ0v) is 31.2. The van der Waals surface area contributed by atoms with Crippen LogP contribution >= 0.6 is 7.75 Å². The van der Waals surface area contributed by atoms with Crippen LogP contribution in [0.4, 0.5) is 5.95 Å². The van der Waals surface area contributed by atoms with E-state index in [4.69, 9.17) is 33.7 Å². The van der Waals surface area contributed by atoms with Gasteiger partial charge < -0.3 is 44.5 Å². The molecule has 2 aromatic carbocycles. The molecule has 284 valence electrons. The lowest BCUT2D eigenvalue weighted by atomic mass is 9.96. The van der Waals surface area contributed by atoms with Crippen LogP contribution in [0.3, 0.4) is 0 Å². The standard InChI is InChI=1S/C34H47N6O11P/c1-18(29(42)47-8)20-9-10-22-14-23(12-11-21(22)13-20)51-52(45,39-19(2)30(43)48-16-33(3,4)5)49-15-24-26(41)34(6,44)31(50-24)40-17-36-25-27(40)37-32(35)38-28(25)46-7/h9-14,17-19,24,26,30-31,41,43-44H,15-16H2,1-8H3,(H,39,45)(H2,35,37,38)/t18-,19-,24+,26+,30?,31?,34+,52?/m0/s1. The summed E-state index contributed by atoms with van der Waals surface area (Å²) in [6, 6.07) is 9.43. The summed E-state index contributed by atoms with van der Waals surface area (Å²) in [6.45, 7) is 10.1. The molecule has 1 aliphatic heterocycles. The number of ether oxygens (including phenoxy) is 4. The first-order valence-corrected chi connectivity index (χ1v) is 18.1. The van der Waals surface area contributed by atoms with E-state index >= 15 is 0 Å². The third-order valence-electron chi connectivity index (χ3n) is 8.61. The van der Waals surface area contributed by atoms with Crippen molar-refractivity contribution in [1.82, 2.24) is 24.6 Å². The molecule has 1 fully saturated rings. The van der Waals surface area contributed by atoms with Crippen LogP contribution in [0.5, 0.6) is 11.6 Å². The van der Waals surface area contributed by atoms with Crippen LogP contribution in [0.1, 0.15) is 59.3 Å². The smallest absolute Gasteiger partial charge is 0.459 e. The molecule has 52 heavy (non-hydrogen) atoms. The lowest BCUT2D eigenvalue weighted by molar-refractivity contribution is -0.142. The summed E-state index contributed by atoms with van der Waals surface area (Å²) in [5.41, 5.74) is 4.87. The number of nitrogens with two attached hydrogens (primary N) is 1. The number of nitrogens with one attached hydrogen (secondary N) is 1. The number of aliphatic hydroxyl groups excluding tert-OH is 2. The van der Waals surface area contributed by atoms with Crippen molar-refractivity contribution in [2.24, 2.45) is 5.41 Å². The van der Waals surface area contributed by atoms with E-state index < -0.39 is 56.6 Å². The van der Waals surface area contributed by atoms with Crippen molar-refractivity contribution >= 4 is 41.6 Å². The van der Waals surface area contributed by atoms with Gasteiger partial charge in [0.2, 0.25) is 11.8 Å². The highest BCUT2D eigenvalue weighted by molar-refractivity contribution is 7.52. The van der Waals surface area contributed by atoms with Gasteiger partial charge in [0.15, 0.2) is 23.7 Å². The summed E-state index contributed by atoms with van der Waals surface area (Å²) >= 11 is 0. The van der Waals surface area contributed by atoms with E-state index in [9.17, 15) is 24.7 Å². The van der Waals surface area contributed by atoms with Crippen LogP contribution in [-0.4, -0.2) is 98.4 Å². The normalized spacial score (nSPS) is 23.6. The number of carbonyl (C=O) groups excluding carboxylic acids is 1. The van der Waals surface area contributed by atoms with Gasteiger partial charge in [-0.2, -0.15) is 9.97 Å². The van der Waals surface area contributed by atoms with Crippen LogP contribution in [0.15, 0.2) is 42.7 Å². The van der Waals surface area contributed by atoms with Gasteiger partial charge in [-0.3, -0.25) is 13.9 Å². The fraction of sp³-hybridized carbons (Fsp3) is 0.529. The van der Waals surface area contributed by atoms with Gasteiger partial charge in [0.1, 0.15) is 23.6 Å². The van der Waals surface area contributed by atoms with E-state index in [2.05, 4.69) is 20.0 Å². The van der Waals surface area contributed by atoms with Crippen molar-refractivity contribution in [2.75, 3.05) is 33.2 Å². The number of anilines is 1. The maximum atomic E-state index is 14.5. The second-order valence-electron chi connectivity index (χ2n) is 14.2. The summed E-state index contributed by atoms with van der Waals surface area (Å²) in [5.74, 6) is -0.694.